The molecule has 0 saturated heterocycles. The summed E-state index contributed by atoms with van der Waals surface area (Å²) in [6.45, 7) is 4.12. The van der Waals surface area contributed by atoms with E-state index in [-0.39, 0.29) is 0 Å². The van der Waals surface area contributed by atoms with Gasteiger partial charge in [0.2, 0.25) is 0 Å². The number of hydrogen-bond acceptors (Lipinski definition) is 3. The minimum Gasteiger partial charge on any atom is -0.241 e. The maximum Gasteiger partial charge on any atom is 0.143 e. The zero-order valence-electron chi connectivity index (χ0n) is 7.16. The number of aryl methyl sites for hydroxylation is 2. The fourth-order valence-corrected chi connectivity index (χ4v) is 2.03. The molecule has 0 atom stereocenters. The molecule has 3 heteroatoms. The highest BCUT2D eigenvalue weighted by Gasteiger charge is 2.02. The first kappa shape index (κ1) is 7.68. The van der Waals surface area contributed by atoms with Gasteiger partial charge in [0.15, 0.2) is 0 Å². The van der Waals surface area contributed by atoms with Crippen molar-refractivity contribution in [2.24, 2.45) is 0 Å². The van der Waals surface area contributed by atoms with E-state index in [1.807, 2.05) is 19.1 Å². The first-order chi connectivity index (χ1) is 5.79. The predicted octanol–water partition coefficient (Wildman–Crippen LogP) is 2.56. The quantitative estimate of drug-likeness (QED) is 0.670. The smallest absolute Gasteiger partial charge is 0.143 e. The van der Waals surface area contributed by atoms with Crippen molar-refractivity contribution in [2.75, 3.05) is 0 Å². The summed E-state index contributed by atoms with van der Waals surface area (Å²) in [5.41, 5.74) is 2.09. The summed E-state index contributed by atoms with van der Waals surface area (Å²) in [5.74, 6) is 0. The van der Waals surface area contributed by atoms with Crippen LogP contribution in [0.4, 0.5) is 0 Å². The minimum absolute atomic E-state index is 1.00. The summed E-state index contributed by atoms with van der Waals surface area (Å²) in [4.78, 5) is 9.89. The second kappa shape index (κ2) is 2.83. The van der Waals surface area contributed by atoms with Crippen molar-refractivity contribution in [1.82, 2.24) is 9.97 Å². The highest BCUT2D eigenvalue weighted by atomic mass is 32.1. The van der Waals surface area contributed by atoms with Gasteiger partial charge in [0, 0.05) is 5.69 Å². The second-order valence-electron chi connectivity index (χ2n) is 2.74. The summed E-state index contributed by atoms with van der Waals surface area (Å²) in [6, 6.07) is 4.04. The van der Waals surface area contributed by atoms with E-state index >= 15 is 0 Å². The molecule has 0 N–H and O–H groups in total. The topological polar surface area (TPSA) is 25.8 Å². The molecule has 0 aliphatic carbocycles. The summed E-state index contributed by atoms with van der Waals surface area (Å²) >= 11 is 1.69. The van der Waals surface area contributed by atoms with Gasteiger partial charge < -0.3 is 0 Å². The molecule has 2 aromatic rings. The Morgan fingerprint density at radius 1 is 1.33 bits per heavy atom. The summed E-state index contributed by atoms with van der Waals surface area (Å²) in [7, 11) is 0. The normalized spacial score (nSPS) is 10.8. The molecule has 0 aliphatic heterocycles. The number of rotatable bonds is 1. The fraction of sp³-hybridized carbons (Fsp3) is 0.333. The molecule has 2 aromatic heterocycles. The van der Waals surface area contributed by atoms with Crippen molar-refractivity contribution in [3.63, 3.8) is 0 Å². The van der Waals surface area contributed by atoms with Crippen molar-refractivity contribution >= 4 is 21.7 Å². The maximum atomic E-state index is 4.43. The molecular weight excluding hydrogens is 168 g/mol. The van der Waals surface area contributed by atoms with Gasteiger partial charge in [-0.2, -0.15) is 0 Å². The number of hydrogen-bond donors (Lipinski definition) is 0. The number of pyridine rings is 1. The predicted molar refractivity (Wildman–Crippen MR) is 51.5 cm³/mol. The van der Waals surface area contributed by atoms with Gasteiger partial charge in [-0.05, 0) is 25.5 Å². The van der Waals surface area contributed by atoms with E-state index in [4.69, 9.17) is 0 Å². The third-order valence-corrected chi connectivity index (χ3v) is 2.85. The Bertz CT molecular complexity index is 406. The Kier molecular flexibility index (Phi) is 1.81. The van der Waals surface area contributed by atoms with Crippen LogP contribution >= 0.6 is 11.3 Å². The molecule has 0 radical (unpaired) electrons. The summed E-state index contributed by atoms with van der Waals surface area (Å²) in [5, 5.41) is 1.17. The van der Waals surface area contributed by atoms with Crippen LogP contribution in [0, 0.1) is 6.92 Å². The highest BCUT2D eigenvalue weighted by molar-refractivity contribution is 7.18. The number of nitrogens with zero attached hydrogens (tertiary/aromatic N) is 2. The van der Waals surface area contributed by atoms with E-state index in [0.29, 0.717) is 0 Å². The monoisotopic (exact) mass is 178 g/mol. The van der Waals surface area contributed by atoms with E-state index in [9.17, 15) is 0 Å². The molecule has 0 fully saturated rings. The first-order valence-corrected chi connectivity index (χ1v) is 4.84. The molecule has 2 nitrogen and oxygen atoms in total. The molecule has 62 valence electrons. The Balaban J connectivity index is 2.67. The van der Waals surface area contributed by atoms with Crippen molar-refractivity contribution in [1.29, 1.82) is 0 Å². The van der Waals surface area contributed by atoms with Gasteiger partial charge in [-0.25, -0.2) is 9.97 Å². The van der Waals surface area contributed by atoms with E-state index < -0.39 is 0 Å². The zero-order chi connectivity index (χ0) is 8.55. The Morgan fingerprint density at radius 3 is 2.92 bits per heavy atom. The van der Waals surface area contributed by atoms with Crippen LogP contribution in [0.15, 0.2) is 12.1 Å². The standard InChI is InChI=1S/C9H10N2S/c1-3-8-11-7-5-4-6(2)10-9(7)12-8/h4-5H,3H2,1-2H3. The minimum atomic E-state index is 1.00. The molecular formula is C9H10N2S. The lowest BCUT2D eigenvalue weighted by molar-refractivity contribution is 1.11. The maximum absolute atomic E-state index is 4.43. The lowest BCUT2D eigenvalue weighted by Crippen LogP contribution is -1.78. The van der Waals surface area contributed by atoms with Crippen LogP contribution in [0.2, 0.25) is 0 Å². The molecule has 2 rings (SSSR count). The van der Waals surface area contributed by atoms with Crippen LogP contribution < -0.4 is 0 Å². The lowest BCUT2D eigenvalue weighted by Gasteiger charge is -1.87. The third kappa shape index (κ3) is 1.20. The molecule has 0 aromatic carbocycles. The zero-order valence-corrected chi connectivity index (χ0v) is 7.98. The molecule has 2 heterocycles. The van der Waals surface area contributed by atoms with Crippen LogP contribution in [-0.4, -0.2) is 9.97 Å². The fourth-order valence-electron chi connectivity index (χ4n) is 1.11. The van der Waals surface area contributed by atoms with Crippen LogP contribution in [0.1, 0.15) is 17.6 Å². The number of fused-ring (bicyclic) bond motifs is 1. The third-order valence-electron chi connectivity index (χ3n) is 1.74. The molecule has 0 saturated carbocycles. The van der Waals surface area contributed by atoms with Crippen molar-refractivity contribution < 1.29 is 0 Å². The Morgan fingerprint density at radius 2 is 2.17 bits per heavy atom. The van der Waals surface area contributed by atoms with E-state index in [1.165, 1.54) is 5.01 Å². The van der Waals surface area contributed by atoms with Gasteiger partial charge in [-0.15, -0.1) is 0 Å². The highest BCUT2D eigenvalue weighted by Crippen LogP contribution is 2.20. The van der Waals surface area contributed by atoms with Gasteiger partial charge in [0.25, 0.3) is 0 Å². The van der Waals surface area contributed by atoms with E-state index in [2.05, 4.69) is 16.9 Å². The van der Waals surface area contributed by atoms with Gasteiger partial charge in [-0.1, -0.05) is 18.3 Å². The molecule has 0 amide bonds. The number of aromatic nitrogens is 2. The molecule has 0 unspecified atom stereocenters. The SMILES string of the molecule is CCc1nc2ccc(C)nc2s1. The van der Waals surface area contributed by atoms with Gasteiger partial charge in [0.05, 0.1) is 5.01 Å². The second-order valence-corrected chi connectivity index (χ2v) is 3.80. The molecule has 0 spiro atoms. The Hall–Kier alpha value is -0.960. The van der Waals surface area contributed by atoms with Gasteiger partial charge in [-0.3, -0.25) is 0 Å². The van der Waals surface area contributed by atoms with Crippen LogP contribution in [0.3, 0.4) is 0 Å². The molecule has 0 aliphatic rings. The van der Waals surface area contributed by atoms with Crippen LogP contribution in [-0.2, 0) is 6.42 Å². The van der Waals surface area contributed by atoms with Crippen molar-refractivity contribution in [3.8, 4) is 0 Å². The molecule has 0 bridgehead atoms. The van der Waals surface area contributed by atoms with E-state index in [0.717, 1.165) is 22.5 Å². The van der Waals surface area contributed by atoms with Gasteiger partial charge in [0.1, 0.15) is 10.3 Å². The van der Waals surface area contributed by atoms with Crippen LogP contribution in [0.5, 0.6) is 0 Å². The average molecular weight is 178 g/mol. The van der Waals surface area contributed by atoms with Gasteiger partial charge >= 0.3 is 0 Å². The number of thiazole rings is 1. The van der Waals surface area contributed by atoms with Crippen molar-refractivity contribution in [3.05, 3.63) is 22.8 Å². The summed E-state index contributed by atoms with van der Waals surface area (Å²) in [6.07, 6.45) is 1.00. The average Bonchev–Trinajstić information content (AvgIpc) is 2.46. The summed E-state index contributed by atoms with van der Waals surface area (Å²) < 4.78 is 0. The Labute approximate surface area is 75.3 Å². The van der Waals surface area contributed by atoms with Crippen LogP contribution in [0.25, 0.3) is 10.3 Å². The lowest BCUT2D eigenvalue weighted by atomic mass is 10.4. The van der Waals surface area contributed by atoms with E-state index in [1.54, 1.807) is 11.3 Å². The first-order valence-electron chi connectivity index (χ1n) is 4.02. The van der Waals surface area contributed by atoms with Crippen molar-refractivity contribution in [2.45, 2.75) is 20.3 Å². The largest absolute Gasteiger partial charge is 0.241 e. The molecule has 12 heavy (non-hydrogen) atoms.